The van der Waals surface area contributed by atoms with Crippen LogP contribution in [0.3, 0.4) is 0 Å². The van der Waals surface area contributed by atoms with Gasteiger partial charge in [0.15, 0.2) is 0 Å². The van der Waals surface area contributed by atoms with Crippen LogP contribution in [0.25, 0.3) is 0 Å². The molecule has 1 amide bonds. The van der Waals surface area contributed by atoms with Crippen LogP contribution >= 0.6 is 11.6 Å². The molecule has 0 aliphatic heterocycles. The summed E-state index contributed by atoms with van der Waals surface area (Å²) in [6.07, 6.45) is 6.77. The fourth-order valence-electron chi connectivity index (χ4n) is 2.10. The molecule has 0 atom stereocenters. The fourth-order valence-corrected chi connectivity index (χ4v) is 2.26. The van der Waals surface area contributed by atoms with E-state index in [0.29, 0.717) is 30.2 Å². The summed E-state index contributed by atoms with van der Waals surface area (Å²) < 4.78 is 1.75. The van der Waals surface area contributed by atoms with Gasteiger partial charge in [0.1, 0.15) is 0 Å². The number of benzene rings is 1. The molecule has 114 valence electrons. The third-order valence-corrected chi connectivity index (χ3v) is 3.33. The SMILES string of the molecule is C=CCN(CC=C)C(=O)c1ccc(Cn2cc(Cl)cn2)cc1. The predicted molar refractivity (Wildman–Crippen MR) is 89.1 cm³/mol. The molecule has 0 spiro atoms. The zero-order valence-corrected chi connectivity index (χ0v) is 13.0. The molecule has 0 aliphatic carbocycles. The molecule has 2 aromatic rings. The van der Waals surface area contributed by atoms with Crippen LogP contribution in [0.15, 0.2) is 62.0 Å². The summed E-state index contributed by atoms with van der Waals surface area (Å²) in [6, 6.07) is 7.48. The molecular weight excluding hydrogens is 298 g/mol. The Kier molecular flexibility index (Phi) is 5.55. The summed E-state index contributed by atoms with van der Waals surface area (Å²) in [5.41, 5.74) is 1.70. The first kappa shape index (κ1) is 16.0. The van der Waals surface area contributed by atoms with Gasteiger partial charge in [0.2, 0.25) is 0 Å². The number of amides is 1. The highest BCUT2D eigenvalue weighted by molar-refractivity contribution is 6.30. The molecule has 22 heavy (non-hydrogen) atoms. The highest BCUT2D eigenvalue weighted by Crippen LogP contribution is 2.11. The Morgan fingerprint density at radius 2 is 1.86 bits per heavy atom. The van der Waals surface area contributed by atoms with Crippen LogP contribution in [0, 0.1) is 0 Å². The van der Waals surface area contributed by atoms with Gasteiger partial charge in [-0.05, 0) is 17.7 Å². The largest absolute Gasteiger partial charge is 0.331 e. The van der Waals surface area contributed by atoms with E-state index >= 15 is 0 Å². The molecule has 0 unspecified atom stereocenters. The van der Waals surface area contributed by atoms with Crippen LogP contribution < -0.4 is 0 Å². The molecule has 0 radical (unpaired) electrons. The summed E-state index contributed by atoms with van der Waals surface area (Å²) in [5, 5.41) is 4.74. The van der Waals surface area contributed by atoms with E-state index in [-0.39, 0.29) is 5.91 Å². The maximum Gasteiger partial charge on any atom is 0.254 e. The molecule has 4 nitrogen and oxygen atoms in total. The van der Waals surface area contributed by atoms with Gasteiger partial charge in [0.25, 0.3) is 5.91 Å². The van der Waals surface area contributed by atoms with Gasteiger partial charge in [-0.15, -0.1) is 13.2 Å². The van der Waals surface area contributed by atoms with Crippen LogP contribution in [0.1, 0.15) is 15.9 Å². The normalized spacial score (nSPS) is 10.2. The van der Waals surface area contributed by atoms with Gasteiger partial charge in [0, 0.05) is 24.8 Å². The quantitative estimate of drug-likeness (QED) is 0.734. The van der Waals surface area contributed by atoms with Crippen molar-refractivity contribution >= 4 is 17.5 Å². The lowest BCUT2D eigenvalue weighted by molar-refractivity contribution is 0.0791. The lowest BCUT2D eigenvalue weighted by atomic mass is 10.1. The van der Waals surface area contributed by atoms with Gasteiger partial charge in [-0.3, -0.25) is 9.48 Å². The van der Waals surface area contributed by atoms with Crippen molar-refractivity contribution in [3.8, 4) is 0 Å². The zero-order chi connectivity index (χ0) is 15.9. The number of nitrogens with zero attached hydrogens (tertiary/aromatic N) is 3. The molecule has 0 saturated heterocycles. The van der Waals surface area contributed by atoms with Crippen LogP contribution in [0.4, 0.5) is 0 Å². The molecule has 5 heteroatoms. The van der Waals surface area contributed by atoms with E-state index in [1.54, 1.807) is 34.1 Å². The van der Waals surface area contributed by atoms with Gasteiger partial charge in [-0.25, -0.2) is 0 Å². The van der Waals surface area contributed by atoms with Crippen molar-refractivity contribution in [3.05, 3.63) is 78.1 Å². The first-order chi connectivity index (χ1) is 10.6. The van der Waals surface area contributed by atoms with E-state index in [1.807, 2.05) is 24.3 Å². The molecule has 1 aromatic carbocycles. The Bertz CT molecular complexity index is 651. The van der Waals surface area contributed by atoms with Crippen LogP contribution in [0.5, 0.6) is 0 Å². The molecule has 0 aliphatic rings. The van der Waals surface area contributed by atoms with Crippen molar-refractivity contribution in [3.63, 3.8) is 0 Å². The van der Waals surface area contributed by atoms with Crippen molar-refractivity contribution in [2.45, 2.75) is 6.54 Å². The molecule has 0 bridgehead atoms. The Balaban J connectivity index is 2.08. The average molecular weight is 316 g/mol. The standard InChI is InChI=1S/C17H18ClN3O/c1-3-9-20(10-4-2)17(22)15-7-5-14(6-8-15)12-21-13-16(18)11-19-21/h3-8,11,13H,1-2,9-10,12H2. The topological polar surface area (TPSA) is 38.1 Å². The average Bonchev–Trinajstić information content (AvgIpc) is 2.92. The predicted octanol–water partition coefficient (Wildman–Crippen LogP) is 3.40. The van der Waals surface area contributed by atoms with Crippen molar-refractivity contribution in [1.29, 1.82) is 0 Å². The molecule has 1 aromatic heterocycles. The maximum atomic E-state index is 12.4. The van der Waals surface area contributed by atoms with Crippen molar-refractivity contribution in [2.24, 2.45) is 0 Å². The van der Waals surface area contributed by atoms with Gasteiger partial charge in [0.05, 0.1) is 17.8 Å². The van der Waals surface area contributed by atoms with Gasteiger partial charge >= 0.3 is 0 Å². The highest BCUT2D eigenvalue weighted by atomic mass is 35.5. The highest BCUT2D eigenvalue weighted by Gasteiger charge is 2.13. The van der Waals surface area contributed by atoms with E-state index in [0.717, 1.165) is 5.56 Å². The third kappa shape index (κ3) is 4.09. The lowest BCUT2D eigenvalue weighted by Crippen LogP contribution is -2.31. The summed E-state index contributed by atoms with van der Waals surface area (Å²) in [5.74, 6) is -0.0338. The number of hydrogen-bond donors (Lipinski definition) is 0. The molecule has 0 N–H and O–H groups in total. The molecule has 2 rings (SSSR count). The molecule has 0 saturated carbocycles. The van der Waals surface area contributed by atoms with Crippen LogP contribution in [-0.4, -0.2) is 33.7 Å². The van der Waals surface area contributed by atoms with Crippen LogP contribution in [-0.2, 0) is 6.54 Å². The van der Waals surface area contributed by atoms with E-state index in [9.17, 15) is 4.79 Å². The Morgan fingerprint density at radius 1 is 1.23 bits per heavy atom. The first-order valence-electron chi connectivity index (χ1n) is 6.92. The Hall–Kier alpha value is -2.33. The number of halogens is 1. The summed E-state index contributed by atoms with van der Waals surface area (Å²) in [6.45, 7) is 8.96. The second kappa shape index (κ2) is 7.61. The summed E-state index contributed by atoms with van der Waals surface area (Å²) >= 11 is 5.84. The molecule has 0 fully saturated rings. The lowest BCUT2D eigenvalue weighted by Gasteiger charge is -2.19. The monoisotopic (exact) mass is 315 g/mol. The van der Waals surface area contributed by atoms with Crippen molar-refractivity contribution in [1.82, 2.24) is 14.7 Å². The van der Waals surface area contributed by atoms with Crippen molar-refractivity contribution in [2.75, 3.05) is 13.1 Å². The number of hydrogen-bond acceptors (Lipinski definition) is 2. The Morgan fingerprint density at radius 3 is 2.36 bits per heavy atom. The Labute approximate surface area is 135 Å². The van der Waals surface area contributed by atoms with Gasteiger partial charge in [-0.2, -0.15) is 5.10 Å². The minimum absolute atomic E-state index is 0.0338. The summed E-state index contributed by atoms with van der Waals surface area (Å²) in [7, 11) is 0. The maximum absolute atomic E-state index is 12.4. The molecular formula is C17H18ClN3O. The van der Waals surface area contributed by atoms with E-state index in [1.165, 1.54) is 0 Å². The van der Waals surface area contributed by atoms with Gasteiger partial charge in [-0.1, -0.05) is 35.9 Å². The molecule has 1 heterocycles. The number of carbonyl (C=O) groups is 1. The van der Waals surface area contributed by atoms with E-state index < -0.39 is 0 Å². The fraction of sp³-hybridized carbons (Fsp3) is 0.176. The first-order valence-corrected chi connectivity index (χ1v) is 7.30. The van der Waals surface area contributed by atoms with Gasteiger partial charge < -0.3 is 4.90 Å². The van der Waals surface area contributed by atoms with Crippen molar-refractivity contribution < 1.29 is 4.79 Å². The van der Waals surface area contributed by atoms with Crippen LogP contribution in [0.2, 0.25) is 5.02 Å². The number of carbonyl (C=O) groups excluding carboxylic acids is 1. The summed E-state index contributed by atoms with van der Waals surface area (Å²) in [4.78, 5) is 14.1. The van der Waals surface area contributed by atoms with E-state index in [4.69, 9.17) is 11.6 Å². The smallest absolute Gasteiger partial charge is 0.254 e. The zero-order valence-electron chi connectivity index (χ0n) is 12.3. The second-order valence-corrected chi connectivity index (χ2v) is 5.28. The number of rotatable bonds is 7. The third-order valence-electron chi connectivity index (χ3n) is 3.13. The minimum Gasteiger partial charge on any atom is -0.331 e. The number of aromatic nitrogens is 2. The second-order valence-electron chi connectivity index (χ2n) is 4.84. The minimum atomic E-state index is -0.0338. The van der Waals surface area contributed by atoms with E-state index in [2.05, 4.69) is 18.3 Å².